The molecule has 5 rings (SSSR count). The van der Waals surface area contributed by atoms with Gasteiger partial charge in [0.05, 0.1) is 5.69 Å². The van der Waals surface area contributed by atoms with E-state index in [-0.39, 0.29) is 18.4 Å². The van der Waals surface area contributed by atoms with E-state index in [9.17, 15) is 9.59 Å². The number of nitrogens with zero attached hydrogens (tertiary/aromatic N) is 5. The summed E-state index contributed by atoms with van der Waals surface area (Å²) in [5.74, 6) is -0.601. The van der Waals surface area contributed by atoms with Crippen molar-refractivity contribution in [2.24, 2.45) is 0 Å². The van der Waals surface area contributed by atoms with Crippen LogP contribution in [0.2, 0.25) is 0 Å². The van der Waals surface area contributed by atoms with E-state index in [0.29, 0.717) is 32.4 Å². The molecule has 10 nitrogen and oxygen atoms in total. The number of nitrogens with one attached hydrogen (secondary N) is 2. The van der Waals surface area contributed by atoms with E-state index >= 15 is 0 Å². The van der Waals surface area contributed by atoms with Crippen LogP contribution in [-0.2, 0) is 6.61 Å². The lowest BCUT2D eigenvalue weighted by Gasteiger charge is -2.12. The van der Waals surface area contributed by atoms with Crippen molar-refractivity contribution in [3.05, 3.63) is 93.1 Å². The summed E-state index contributed by atoms with van der Waals surface area (Å²) in [5.41, 5.74) is 6.76. The molecule has 0 spiro atoms. The maximum atomic E-state index is 13.0. The topological polar surface area (TPSA) is 124 Å². The highest BCUT2D eigenvalue weighted by Crippen LogP contribution is 2.27. The van der Waals surface area contributed by atoms with E-state index < -0.39 is 0 Å². The number of aromatic nitrogens is 5. The van der Waals surface area contributed by atoms with Gasteiger partial charge in [0.25, 0.3) is 11.8 Å². The van der Waals surface area contributed by atoms with Crippen molar-refractivity contribution in [2.45, 2.75) is 34.3 Å². The van der Waals surface area contributed by atoms with Gasteiger partial charge in [-0.2, -0.15) is 0 Å². The Labute approximate surface area is 222 Å². The second kappa shape index (κ2) is 10.4. The molecule has 0 bridgehead atoms. The molecule has 5 aromatic rings. The third kappa shape index (κ3) is 5.23. The summed E-state index contributed by atoms with van der Waals surface area (Å²) in [7, 11) is 0. The Morgan fingerprint density at radius 2 is 1.76 bits per heavy atom. The van der Waals surface area contributed by atoms with Gasteiger partial charge in [-0.15, -0.1) is 5.10 Å². The molecule has 0 aliphatic rings. The molecule has 0 aliphatic heterocycles. The molecule has 0 atom stereocenters. The number of hydrogen-bond donors (Lipinski definition) is 2. The molecule has 0 fully saturated rings. The van der Waals surface area contributed by atoms with Crippen LogP contribution in [0, 0.1) is 27.7 Å². The number of pyridine rings is 1. The number of hydrogen-bond acceptors (Lipinski definition) is 8. The predicted octanol–water partition coefficient (Wildman–Crippen LogP) is 4.65. The molecule has 0 aliphatic carbocycles. The van der Waals surface area contributed by atoms with Crippen LogP contribution >= 0.6 is 11.3 Å². The van der Waals surface area contributed by atoms with Gasteiger partial charge in [0.1, 0.15) is 17.0 Å². The lowest BCUT2D eigenvalue weighted by molar-refractivity contribution is 0.0738. The van der Waals surface area contributed by atoms with E-state index in [1.807, 2.05) is 39.0 Å². The molecular weight excluding hydrogens is 502 g/mol. The number of fused-ring (bicyclic) bond motifs is 1. The molecular formula is C27H25N7O3S. The van der Waals surface area contributed by atoms with Crippen LogP contribution in [0.15, 0.2) is 54.7 Å². The fraction of sp³-hybridized carbons (Fsp3) is 0.185. The molecule has 0 radical (unpaired) electrons. The number of thiazole rings is 1. The van der Waals surface area contributed by atoms with Gasteiger partial charge in [-0.3, -0.25) is 14.9 Å². The van der Waals surface area contributed by atoms with Crippen LogP contribution < -0.4 is 15.5 Å². The van der Waals surface area contributed by atoms with Crippen LogP contribution in [-0.4, -0.2) is 36.9 Å². The van der Waals surface area contributed by atoms with Crippen LogP contribution in [0.5, 0.6) is 0 Å². The van der Waals surface area contributed by atoms with Crippen molar-refractivity contribution in [2.75, 3.05) is 10.6 Å². The van der Waals surface area contributed by atoms with E-state index in [2.05, 4.69) is 30.9 Å². The molecule has 2 aromatic carbocycles. The average Bonchev–Trinajstić information content (AvgIpc) is 3.47. The summed E-state index contributed by atoms with van der Waals surface area (Å²) in [6, 6.07) is 14.6. The zero-order valence-electron chi connectivity index (χ0n) is 21.3. The quantitative estimate of drug-likeness (QED) is 0.316. The Bertz CT molecular complexity index is 1650. The van der Waals surface area contributed by atoms with Gasteiger partial charge in [0.15, 0.2) is 5.13 Å². The first-order valence-electron chi connectivity index (χ1n) is 11.8. The number of anilines is 2. The normalized spacial score (nSPS) is 10.9. The highest BCUT2D eigenvalue weighted by Gasteiger charge is 2.19. The Morgan fingerprint density at radius 1 is 0.974 bits per heavy atom. The monoisotopic (exact) mass is 527 g/mol. The highest BCUT2D eigenvalue weighted by molar-refractivity contribution is 7.17. The SMILES string of the molecule is Cc1cc(C)c(NC(=O)c2sc(NC(=O)c3cccc(COn4nnc5cccnc54)c3)nc2C)c(C)c1. The van der Waals surface area contributed by atoms with Crippen molar-refractivity contribution in [1.82, 2.24) is 25.1 Å². The smallest absolute Gasteiger partial charge is 0.267 e. The van der Waals surface area contributed by atoms with Crippen molar-refractivity contribution in [3.8, 4) is 0 Å². The second-order valence-corrected chi connectivity index (χ2v) is 9.90. The Balaban J connectivity index is 1.25. The maximum absolute atomic E-state index is 13.0. The minimum atomic E-state index is -0.342. The van der Waals surface area contributed by atoms with Gasteiger partial charge in [-0.05, 0) is 73.9 Å². The largest absolute Gasteiger partial charge is 0.389 e. The predicted molar refractivity (Wildman–Crippen MR) is 145 cm³/mol. The number of carbonyl (C=O) groups is 2. The molecule has 192 valence electrons. The standard InChI is InChI=1S/C27H25N7O3S/c1-15-11-16(2)22(17(3)12-15)30-26(36)23-18(4)29-27(38-23)31-25(35)20-8-5-7-19(13-20)14-37-34-24-21(32-33-34)9-6-10-28-24/h5-13H,14H2,1-4H3,(H,30,36)(H,29,31,35). The van der Waals surface area contributed by atoms with Gasteiger partial charge in [0.2, 0.25) is 5.65 Å². The van der Waals surface area contributed by atoms with Gasteiger partial charge in [-0.1, -0.05) is 46.0 Å². The molecule has 11 heteroatoms. The van der Waals surface area contributed by atoms with Gasteiger partial charge >= 0.3 is 0 Å². The van der Waals surface area contributed by atoms with E-state index in [4.69, 9.17) is 4.84 Å². The summed E-state index contributed by atoms with van der Waals surface area (Å²) in [4.78, 5) is 42.0. The van der Waals surface area contributed by atoms with Crippen molar-refractivity contribution in [3.63, 3.8) is 0 Å². The van der Waals surface area contributed by atoms with E-state index in [1.54, 1.807) is 43.5 Å². The fourth-order valence-corrected chi connectivity index (χ4v) is 5.00. The molecule has 0 saturated carbocycles. The second-order valence-electron chi connectivity index (χ2n) is 8.90. The third-order valence-corrected chi connectivity index (χ3v) is 6.93. The van der Waals surface area contributed by atoms with Crippen molar-refractivity contribution in [1.29, 1.82) is 0 Å². The lowest BCUT2D eigenvalue weighted by Crippen LogP contribution is -2.15. The summed E-state index contributed by atoms with van der Waals surface area (Å²) >= 11 is 1.13. The third-order valence-electron chi connectivity index (χ3n) is 5.86. The number of amides is 2. The highest BCUT2D eigenvalue weighted by atomic mass is 32.1. The first-order chi connectivity index (χ1) is 18.3. The van der Waals surface area contributed by atoms with Gasteiger partial charge in [0, 0.05) is 17.4 Å². The molecule has 38 heavy (non-hydrogen) atoms. The molecule has 0 saturated heterocycles. The first-order valence-corrected chi connectivity index (χ1v) is 12.7. The molecule has 2 N–H and O–H groups in total. The number of carbonyl (C=O) groups excluding carboxylic acids is 2. The zero-order chi connectivity index (χ0) is 26.8. The molecule has 3 aromatic heterocycles. The van der Waals surface area contributed by atoms with Crippen LogP contribution in [0.1, 0.15) is 48.0 Å². The molecule has 3 heterocycles. The zero-order valence-corrected chi connectivity index (χ0v) is 22.1. The molecule has 0 unspecified atom stereocenters. The lowest BCUT2D eigenvalue weighted by atomic mass is 10.1. The van der Waals surface area contributed by atoms with E-state index in [1.165, 1.54) is 4.85 Å². The van der Waals surface area contributed by atoms with Crippen molar-refractivity contribution >= 4 is 45.1 Å². The number of rotatable bonds is 7. The minimum Gasteiger partial charge on any atom is -0.389 e. The Hall–Kier alpha value is -4.64. The van der Waals surface area contributed by atoms with Gasteiger partial charge in [-0.25, -0.2) is 9.97 Å². The summed E-state index contributed by atoms with van der Waals surface area (Å²) < 4.78 is 0. The number of aryl methyl sites for hydroxylation is 4. The summed E-state index contributed by atoms with van der Waals surface area (Å²) in [5, 5.41) is 14.1. The number of benzene rings is 2. The first kappa shape index (κ1) is 25.0. The van der Waals surface area contributed by atoms with Crippen LogP contribution in [0.3, 0.4) is 0 Å². The van der Waals surface area contributed by atoms with E-state index in [0.717, 1.165) is 39.3 Å². The van der Waals surface area contributed by atoms with Crippen LogP contribution in [0.4, 0.5) is 10.8 Å². The Kier molecular flexibility index (Phi) is 6.84. The minimum absolute atomic E-state index is 0.161. The Morgan fingerprint density at radius 3 is 2.55 bits per heavy atom. The van der Waals surface area contributed by atoms with Crippen LogP contribution in [0.25, 0.3) is 11.2 Å². The average molecular weight is 528 g/mol. The maximum Gasteiger partial charge on any atom is 0.267 e. The molecule has 2 amide bonds. The van der Waals surface area contributed by atoms with Gasteiger partial charge < -0.3 is 10.2 Å². The summed E-state index contributed by atoms with van der Waals surface area (Å²) in [6.07, 6.45) is 1.64. The fourth-order valence-electron chi connectivity index (χ4n) is 4.15. The van der Waals surface area contributed by atoms with Crippen molar-refractivity contribution < 1.29 is 14.4 Å². The summed E-state index contributed by atoms with van der Waals surface area (Å²) in [6.45, 7) is 7.86.